The molecule has 2 aromatic heterocycles. The molecule has 1 aliphatic carbocycles. The van der Waals surface area contributed by atoms with Gasteiger partial charge in [0.05, 0.1) is 43.8 Å². The van der Waals surface area contributed by atoms with Gasteiger partial charge in [-0.15, -0.1) is 0 Å². The van der Waals surface area contributed by atoms with Crippen LogP contribution < -0.4 is 9.64 Å². The average Bonchev–Trinajstić information content (AvgIpc) is 3.07. The zero-order chi connectivity index (χ0) is 26.4. The van der Waals surface area contributed by atoms with Gasteiger partial charge in [0, 0.05) is 43.4 Å². The first kappa shape index (κ1) is 26.1. The van der Waals surface area contributed by atoms with E-state index in [0.29, 0.717) is 23.4 Å². The van der Waals surface area contributed by atoms with Crippen molar-refractivity contribution >= 4 is 18.1 Å². The Bertz CT molecular complexity index is 1270. The zero-order valence-electron chi connectivity index (χ0n) is 21.2. The van der Waals surface area contributed by atoms with Gasteiger partial charge in [-0.2, -0.15) is 0 Å². The summed E-state index contributed by atoms with van der Waals surface area (Å²) in [6.45, 7) is 6.53. The predicted octanol–water partition coefficient (Wildman–Crippen LogP) is 5.40. The molecule has 1 saturated heterocycles. The van der Waals surface area contributed by atoms with E-state index >= 15 is 0 Å². The van der Waals surface area contributed by atoms with Crippen molar-refractivity contribution in [1.29, 1.82) is 0 Å². The van der Waals surface area contributed by atoms with Gasteiger partial charge in [-0.25, -0.2) is 23.7 Å². The molecule has 3 aliphatic rings. The maximum absolute atomic E-state index is 12.7. The van der Waals surface area contributed by atoms with Crippen LogP contribution in [0.25, 0.3) is 17.5 Å². The molecule has 2 aliphatic heterocycles. The first-order chi connectivity index (χ1) is 17.9. The molecule has 0 unspecified atom stereocenters. The van der Waals surface area contributed by atoms with E-state index in [1.165, 1.54) is 32.4 Å². The largest absolute Gasteiger partial charge is 0.494 e. The third-order valence-corrected chi connectivity index (χ3v) is 6.49. The zero-order valence-corrected chi connectivity index (χ0v) is 21.2. The second kappa shape index (κ2) is 11.4. The van der Waals surface area contributed by atoms with Crippen LogP contribution >= 0.6 is 0 Å². The Balaban J connectivity index is 0.000000249. The smallest absolute Gasteiger partial charge is 0.232 e. The fraction of sp³-hybridized carbons (Fsp3) is 0.370. The number of nitrogens with zero attached hydrogens (tertiary/aromatic N) is 6. The van der Waals surface area contributed by atoms with Crippen molar-refractivity contribution in [1.82, 2.24) is 19.9 Å². The van der Waals surface area contributed by atoms with Gasteiger partial charge in [-0.1, -0.05) is 13.0 Å². The third kappa shape index (κ3) is 5.90. The minimum atomic E-state index is -0.762. The number of fused-ring (bicyclic) bond motifs is 1. The van der Waals surface area contributed by atoms with E-state index in [4.69, 9.17) is 14.7 Å². The van der Waals surface area contributed by atoms with Crippen LogP contribution in [-0.4, -0.2) is 53.5 Å². The fourth-order valence-electron chi connectivity index (χ4n) is 4.45. The average molecular weight is 509 g/mol. The number of allylic oxidation sites excluding steroid dienone is 4. The first-order valence-electron chi connectivity index (χ1n) is 12.0. The lowest BCUT2D eigenvalue weighted by Gasteiger charge is -2.56. The molecule has 10 heteroatoms. The van der Waals surface area contributed by atoms with Crippen molar-refractivity contribution in [3.8, 4) is 17.3 Å². The molecule has 2 fully saturated rings. The number of rotatable bonds is 6. The lowest BCUT2D eigenvalue weighted by atomic mass is 9.63. The molecule has 0 amide bonds. The lowest BCUT2D eigenvalue weighted by Crippen LogP contribution is -2.60. The summed E-state index contributed by atoms with van der Waals surface area (Å²) in [6.07, 6.45) is 15.4. The number of anilines is 1. The van der Waals surface area contributed by atoms with E-state index in [2.05, 4.69) is 31.2 Å². The molecule has 2 aromatic rings. The molecule has 1 saturated carbocycles. The monoisotopic (exact) mass is 508 g/mol. The van der Waals surface area contributed by atoms with E-state index in [1.807, 2.05) is 12.3 Å². The van der Waals surface area contributed by atoms with Crippen LogP contribution in [0.2, 0.25) is 0 Å². The number of halogens is 2. The quantitative estimate of drug-likeness (QED) is 0.381. The highest BCUT2D eigenvalue weighted by molar-refractivity contribution is 5.75. The Morgan fingerprint density at radius 2 is 1.92 bits per heavy atom. The summed E-state index contributed by atoms with van der Waals surface area (Å²) in [4.78, 5) is 25.2. The van der Waals surface area contributed by atoms with Crippen LogP contribution in [0.15, 0.2) is 59.7 Å². The number of hydrogen-bond acceptors (Lipinski definition) is 8. The van der Waals surface area contributed by atoms with Gasteiger partial charge in [0.1, 0.15) is 11.4 Å². The lowest BCUT2D eigenvalue weighted by molar-refractivity contribution is 0.0897. The Morgan fingerprint density at radius 1 is 1.14 bits per heavy atom. The Morgan fingerprint density at radius 3 is 2.54 bits per heavy atom. The van der Waals surface area contributed by atoms with Crippen molar-refractivity contribution in [2.24, 2.45) is 10.4 Å². The van der Waals surface area contributed by atoms with Crippen molar-refractivity contribution in [2.75, 3.05) is 32.2 Å². The molecule has 0 N–H and O–H groups in total. The van der Waals surface area contributed by atoms with Gasteiger partial charge in [0.25, 0.3) is 0 Å². The standard InChI is InChI=1S/C19H20N6O.C8H10F2O/c1-26-16-10-21-9-15(22-16)17-18(25-11-19(12-25)5-2-6-19)24-14-4-8-20-7-3-13(14)23-17;1-4-8(11-3)7(10)5-6(2)9/h4,7-10H,2-3,5-6,11-12H2,1H3;4-5H,1H2,2-3H3/b;6-5+,8-7-. The van der Waals surface area contributed by atoms with E-state index in [-0.39, 0.29) is 5.76 Å². The molecule has 0 aromatic carbocycles. The summed E-state index contributed by atoms with van der Waals surface area (Å²) < 4.78 is 34.5. The topological polar surface area (TPSA) is 85.6 Å². The maximum atomic E-state index is 12.7. The molecule has 0 atom stereocenters. The summed E-state index contributed by atoms with van der Waals surface area (Å²) in [5, 5.41) is 0. The van der Waals surface area contributed by atoms with Gasteiger partial charge in [0.15, 0.2) is 17.4 Å². The minimum absolute atomic E-state index is 0.0676. The fourth-order valence-corrected chi connectivity index (χ4v) is 4.45. The summed E-state index contributed by atoms with van der Waals surface area (Å²) >= 11 is 0. The maximum Gasteiger partial charge on any atom is 0.232 e. The summed E-state index contributed by atoms with van der Waals surface area (Å²) in [6, 6.07) is 0. The predicted molar refractivity (Wildman–Crippen MR) is 140 cm³/mol. The van der Waals surface area contributed by atoms with Crippen LogP contribution in [0.5, 0.6) is 5.88 Å². The third-order valence-electron chi connectivity index (χ3n) is 6.49. The Hall–Kier alpha value is -3.95. The number of ether oxygens (including phenoxy) is 2. The SMILES string of the molecule is C=C/C(OC)=C(F)\C=C(/C)F.COc1cncc(-c2nc3c(nc2N2CC4(CCC4)C2)C=CN=CC3)n1. The van der Waals surface area contributed by atoms with Gasteiger partial charge >= 0.3 is 0 Å². The van der Waals surface area contributed by atoms with Crippen molar-refractivity contribution in [3.05, 3.63) is 66.1 Å². The number of aromatic nitrogens is 4. The van der Waals surface area contributed by atoms with Crippen molar-refractivity contribution in [2.45, 2.75) is 32.6 Å². The van der Waals surface area contributed by atoms with Gasteiger partial charge < -0.3 is 14.4 Å². The van der Waals surface area contributed by atoms with Crippen LogP contribution in [0, 0.1) is 5.41 Å². The molecule has 1 spiro atoms. The van der Waals surface area contributed by atoms with E-state index in [1.54, 1.807) is 25.7 Å². The molecule has 8 nitrogen and oxygen atoms in total. The first-order valence-corrected chi connectivity index (χ1v) is 12.0. The second-order valence-corrected chi connectivity index (χ2v) is 9.09. The highest BCUT2D eigenvalue weighted by Gasteiger charge is 2.48. The van der Waals surface area contributed by atoms with Gasteiger partial charge in [-0.05, 0) is 31.9 Å². The molecule has 37 heavy (non-hydrogen) atoms. The van der Waals surface area contributed by atoms with Gasteiger partial charge in [0.2, 0.25) is 5.88 Å². The number of aliphatic imine (C=N–C) groups is 1. The van der Waals surface area contributed by atoms with Crippen LogP contribution in [-0.2, 0) is 11.2 Å². The van der Waals surface area contributed by atoms with Crippen LogP contribution in [0.4, 0.5) is 14.6 Å². The summed E-state index contributed by atoms with van der Waals surface area (Å²) in [5.74, 6) is -0.0792. The molecule has 194 valence electrons. The van der Waals surface area contributed by atoms with E-state index < -0.39 is 11.7 Å². The summed E-state index contributed by atoms with van der Waals surface area (Å²) in [5.41, 5.74) is 3.75. The highest BCUT2D eigenvalue weighted by atomic mass is 19.1. The van der Waals surface area contributed by atoms with Gasteiger partial charge in [-0.3, -0.25) is 9.98 Å². The Kier molecular flexibility index (Phi) is 8.05. The normalized spacial score (nSPS) is 17.9. The second-order valence-electron chi connectivity index (χ2n) is 9.09. The van der Waals surface area contributed by atoms with E-state index in [9.17, 15) is 8.78 Å². The molecular formula is C27H30F2N6O2. The molecule has 0 bridgehead atoms. The highest BCUT2D eigenvalue weighted by Crippen LogP contribution is 2.50. The number of hydrogen-bond donors (Lipinski definition) is 0. The molecule has 0 radical (unpaired) electrons. The van der Waals surface area contributed by atoms with E-state index in [0.717, 1.165) is 49.0 Å². The number of methoxy groups -OCH3 is 2. The van der Waals surface area contributed by atoms with Crippen LogP contribution in [0.3, 0.4) is 0 Å². The molecule has 4 heterocycles. The van der Waals surface area contributed by atoms with Crippen molar-refractivity contribution in [3.63, 3.8) is 0 Å². The summed E-state index contributed by atoms with van der Waals surface area (Å²) in [7, 11) is 2.88. The minimum Gasteiger partial charge on any atom is -0.494 e. The molecule has 5 rings (SSSR count). The van der Waals surface area contributed by atoms with Crippen molar-refractivity contribution < 1.29 is 18.3 Å². The molecular weight excluding hydrogens is 478 g/mol. The Labute approximate surface area is 215 Å². The van der Waals surface area contributed by atoms with Crippen LogP contribution in [0.1, 0.15) is 37.6 Å².